The molecule has 0 fully saturated rings. The summed E-state index contributed by atoms with van der Waals surface area (Å²) in [5.41, 5.74) is 18.2. The Bertz CT molecular complexity index is 2390. The van der Waals surface area contributed by atoms with Gasteiger partial charge < -0.3 is 21.8 Å². The lowest BCUT2D eigenvalue weighted by Crippen LogP contribution is -2.01. The fourth-order valence-corrected chi connectivity index (χ4v) is 4.95. The van der Waals surface area contributed by atoms with E-state index in [1.165, 1.54) is 0 Å². The zero-order valence-electron chi connectivity index (χ0n) is 24.4. The number of imidazole rings is 2. The molecule has 0 aliphatic rings. The first-order valence-corrected chi connectivity index (χ1v) is 13.8. The molecule has 6 heterocycles. The van der Waals surface area contributed by atoms with Gasteiger partial charge in [-0.2, -0.15) is 0 Å². The Morgan fingerprint density at radius 3 is 1.77 bits per heavy atom. The average molecular weight is 630 g/mol. The summed E-state index contributed by atoms with van der Waals surface area (Å²) in [5, 5.41) is 36.8. The third kappa shape index (κ3) is 5.18. The molecule has 0 unspecified atom stereocenters. The van der Waals surface area contributed by atoms with Crippen molar-refractivity contribution in [3.8, 4) is 40.2 Å². The molecule has 0 saturated carbocycles. The Morgan fingerprint density at radius 1 is 0.723 bits per heavy atom. The summed E-state index contributed by atoms with van der Waals surface area (Å²) in [5.74, 6) is 1.41. The van der Waals surface area contributed by atoms with Gasteiger partial charge in [0.1, 0.15) is 16.8 Å². The quantitative estimate of drug-likeness (QED) is 0.119. The van der Waals surface area contributed by atoms with Gasteiger partial charge in [-0.05, 0) is 69.5 Å². The standard InChI is InChI=1S/C16H13N7O2.C14H10N6O2/c1-9(20-24)10-2-4-11(5-3-10)23-13-6-7-18-8-12(13)19-16(23)14-15(17)22-25-21-14;15-13-12(18-22-19-13)14-17-10-7-16-5-4-11(10)20(14)8-2-1-3-9(21)6-8/h2-8,24H,1H3,(H2,17,22);1-7,21H,(H2,15,19)/b20-9+;. The van der Waals surface area contributed by atoms with Gasteiger partial charge in [0.25, 0.3) is 0 Å². The molecule has 0 amide bonds. The molecule has 17 heteroatoms. The van der Waals surface area contributed by atoms with Gasteiger partial charge in [0, 0.05) is 24.1 Å². The van der Waals surface area contributed by atoms with Crippen LogP contribution in [0.4, 0.5) is 11.6 Å². The van der Waals surface area contributed by atoms with Crippen LogP contribution >= 0.6 is 0 Å². The molecule has 0 aliphatic heterocycles. The SMILES string of the molecule is C/C(=N\O)c1ccc(-n2c(-c3nonc3N)nc3cnccc32)cc1.Nc1nonc1-c1nc2cnccc2n1-c1cccc(O)c1. The minimum absolute atomic E-state index is 0.143. The number of phenols is 1. The van der Waals surface area contributed by atoms with Gasteiger partial charge in [0.05, 0.1) is 34.8 Å². The molecule has 0 aliphatic carbocycles. The molecule has 0 spiro atoms. The molecule has 17 nitrogen and oxygen atoms in total. The third-order valence-corrected chi connectivity index (χ3v) is 7.15. The monoisotopic (exact) mass is 629 g/mol. The van der Waals surface area contributed by atoms with E-state index in [0.717, 1.165) is 22.3 Å². The Kier molecular flexibility index (Phi) is 7.14. The highest BCUT2D eigenvalue weighted by Gasteiger charge is 2.21. The van der Waals surface area contributed by atoms with E-state index < -0.39 is 0 Å². The van der Waals surface area contributed by atoms with Gasteiger partial charge in [-0.25, -0.2) is 19.2 Å². The second kappa shape index (κ2) is 11.7. The lowest BCUT2D eigenvalue weighted by Gasteiger charge is -2.09. The van der Waals surface area contributed by atoms with E-state index >= 15 is 0 Å². The molecular weight excluding hydrogens is 606 g/mol. The van der Waals surface area contributed by atoms with Gasteiger partial charge in [-0.3, -0.25) is 19.1 Å². The second-order valence-corrected chi connectivity index (χ2v) is 10.0. The van der Waals surface area contributed by atoms with Crippen molar-refractivity contribution >= 4 is 39.4 Å². The minimum atomic E-state index is 0.143. The van der Waals surface area contributed by atoms with Crippen LogP contribution in [0.2, 0.25) is 0 Å². The van der Waals surface area contributed by atoms with Crippen molar-refractivity contribution in [2.45, 2.75) is 6.92 Å². The van der Waals surface area contributed by atoms with Crippen molar-refractivity contribution in [2.24, 2.45) is 5.16 Å². The van der Waals surface area contributed by atoms with Crippen molar-refractivity contribution in [3.63, 3.8) is 0 Å². The Hall–Kier alpha value is -7.17. The number of benzene rings is 2. The maximum atomic E-state index is 9.74. The molecular formula is C30H23N13O4. The number of phenolic OH excluding ortho intramolecular Hbond substituents is 1. The van der Waals surface area contributed by atoms with E-state index in [0.29, 0.717) is 45.5 Å². The van der Waals surface area contributed by atoms with E-state index in [1.807, 2.05) is 51.6 Å². The lowest BCUT2D eigenvalue weighted by molar-refractivity contribution is 0.310. The first-order chi connectivity index (χ1) is 22.9. The van der Waals surface area contributed by atoms with E-state index in [2.05, 4.69) is 50.3 Å². The van der Waals surface area contributed by atoms with E-state index in [4.69, 9.17) is 21.3 Å². The zero-order valence-corrected chi connectivity index (χ0v) is 24.4. The van der Waals surface area contributed by atoms with Crippen LogP contribution in [-0.4, -0.2) is 65.7 Å². The fraction of sp³-hybridized carbons (Fsp3) is 0.0333. The molecule has 0 saturated heterocycles. The number of nitrogens with zero attached hydrogens (tertiary/aromatic N) is 11. The number of hydrogen-bond acceptors (Lipinski definition) is 15. The number of nitrogens with two attached hydrogens (primary N) is 2. The van der Waals surface area contributed by atoms with Gasteiger partial charge in [-0.15, -0.1) is 0 Å². The number of oxime groups is 1. The molecule has 0 bridgehead atoms. The largest absolute Gasteiger partial charge is 0.508 e. The Balaban J connectivity index is 0.000000151. The van der Waals surface area contributed by atoms with Gasteiger partial charge in [0.2, 0.25) is 0 Å². The van der Waals surface area contributed by atoms with Crippen molar-refractivity contribution in [2.75, 3.05) is 11.5 Å². The number of rotatable bonds is 5. The Morgan fingerprint density at radius 2 is 1.28 bits per heavy atom. The van der Waals surface area contributed by atoms with Crippen LogP contribution in [0.3, 0.4) is 0 Å². The number of aromatic hydroxyl groups is 1. The van der Waals surface area contributed by atoms with Crippen LogP contribution < -0.4 is 11.5 Å². The molecule has 8 rings (SSSR count). The van der Waals surface area contributed by atoms with E-state index in [-0.39, 0.29) is 17.4 Å². The van der Waals surface area contributed by atoms with Crippen LogP contribution in [-0.2, 0) is 0 Å². The second-order valence-electron chi connectivity index (χ2n) is 10.0. The van der Waals surface area contributed by atoms with Crippen LogP contribution in [0.1, 0.15) is 12.5 Å². The summed E-state index contributed by atoms with van der Waals surface area (Å²) in [7, 11) is 0. The first kappa shape index (κ1) is 28.6. The molecule has 0 atom stereocenters. The van der Waals surface area contributed by atoms with Crippen molar-refractivity contribution < 1.29 is 19.6 Å². The number of hydrogen-bond donors (Lipinski definition) is 4. The average Bonchev–Trinajstić information content (AvgIpc) is 3.89. The molecule has 232 valence electrons. The molecule has 6 N–H and O–H groups in total. The van der Waals surface area contributed by atoms with Gasteiger partial charge >= 0.3 is 0 Å². The zero-order chi connectivity index (χ0) is 32.5. The van der Waals surface area contributed by atoms with Gasteiger partial charge in [-0.1, -0.05) is 23.4 Å². The maximum Gasteiger partial charge on any atom is 0.199 e. The molecule has 47 heavy (non-hydrogen) atoms. The number of anilines is 2. The summed E-state index contributed by atoms with van der Waals surface area (Å²) in [6.45, 7) is 1.72. The summed E-state index contributed by atoms with van der Waals surface area (Å²) in [4.78, 5) is 17.2. The number of nitrogen functional groups attached to an aromatic ring is 2. The van der Waals surface area contributed by atoms with Crippen LogP contribution in [0.25, 0.3) is 56.5 Å². The summed E-state index contributed by atoms with van der Waals surface area (Å²) >= 11 is 0. The first-order valence-electron chi connectivity index (χ1n) is 13.8. The number of pyridine rings is 2. The van der Waals surface area contributed by atoms with Crippen LogP contribution in [0.5, 0.6) is 5.75 Å². The topological polar surface area (TPSA) is 244 Å². The van der Waals surface area contributed by atoms with Crippen LogP contribution in [0.15, 0.2) is 99.9 Å². The molecule has 8 aromatic rings. The van der Waals surface area contributed by atoms with Crippen molar-refractivity contribution in [1.82, 2.24) is 49.7 Å². The third-order valence-electron chi connectivity index (χ3n) is 7.15. The van der Waals surface area contributed by atoms with E-state index in [9.17, 15) is 5.11 Å². The summed E-state index contributed by atoms with van der Waals surface area (Å²) < 4.78 is 13.1. The van der Waals surface area contributed by atoms with Crippen molar-refractivity contribution in [3.05, 3.63) is 91.0 Å². The predicted octanol–water partition coefficient (Wildman–Crippen LogP) is 4.01. The normalized spacial score (nSPS) is 11.6. The Labute approximate surface area is 263 Å². The van der Waals surface area contributed by atoms with Crippen molar-refractivity contribution in [1.29, 1.82) is 0 Å². The highest BCUT2D eigenvalue weighted by molar-refractivity contribution is 5.98. The molecule has 2 aromatic carbocycles. The summed E-state index contributed by atoms with van der Waals surface area (Å²) in [6, 6.07) is 17.9. The highest BCUT2D eigenvalue weighted by Crippen LogP contribution is 2.31. The predicted molar refractivity (Wildman–Crippen MR) is 169 cm³/mol. The smallest absolute Gasteiger partial charge is 0.199 e. The lowest BCUT2D eigenvalue weighted by atomic mass is 10.1. The molecule has 0 radical (unpaired) electrons. The minimum Gasteiger partial charge on any atom is -0.508 e. The highest BCUT2D eigenvalue weighted by atomic mass is 16.6. The fourth-order valence-electron chi connectivity index (χ4n) is 4.95. The molecule has 6 aromatic heterocycles. The van der Waals surface area contributed by atoms with E-state index in [1.54, 1.807) is 49.9 Å². The number of aromatic nitrogens is 10. The van der Waals surface area contributed by atoms with Gasteiger partial charge in [0.15, 0.2) is 34.7 Å². The maximum absolute atomic E-state index is 9.74. The van der Waals surface area contributed by atoms with Crippen LogP contribution in [0, 0.1) is 0 Å². The number of fused-ring (bicyclic) bond motifs is 2. The summed E-state index contributed by atoms with van der Waals surface area (Å²) in [6.07, 6.45) is 6.65.